The Hall–Kier alpha value is -3.74. The highest BCUT2D eigenvalue weighted by Gasteiger charge is 2.12. The molecule has 4 rings (SSSR count). The van der Waals surface area contributed by atoms with Crippen molar-refractivity contribution in [2.45, 2.75) is 0 Å². The average Bonchev–Trinajstić information content (AvgIpc) is 3.12. The zero-order valence-electron chi connectivity index (χ0n) is 14.9. The van der Waals surface area contributed by atoms with Crippen LogP contribution < -0.4 is 10.2 Å². The topological polar surface area (TPSA) is 84.2 Å². The third kappa shape index (κ3) is 3.48. The number of amides is 1. The maximum atomic E-state index is 12.2. The van der Waals surface area contributed by atoms with E-state index in [9.17, 15) is 4.79 Å². The molecule has 134 valence electrons. The number of nitrogens with one attached hydrogen (secondary N) is 1. The minimum Gasteiger partial charge on any atom is -0.436 e. The summed E-state index contributed by atoms with van der Waals surface area (Å²) in [6.07, 6.45) is 4.41. The van der Waals surface area contributed by atoms with Gasteiger partial charge < -0.3 is 14.6 Å². The van der Waals surface area contributed by atoms with Crippen molar-refractivity contribution in [3.63, 3.8) is 0 Å². The second kappa shape index (κ2) is 6.87. The molecule has 1 N–H and O–H groups in total. The van der Waals surface area contributed by atoms with Crippen LogP contribution in [-0.4, -0.2) is 35.0 Å². The first-order valence-electron chi connectivity index (χ1n) is 8.36. The van der Waals surface area contributed by atoms with Gasteiger partial charge in [-0.05, 0) is 42.5 Å². The number of oxazole rings is 1. The van der Waals surface area contributed by atoms with Crippen LogP contribution in [0.2, 0.25) is 0 Å². The van der Waals surface area contributed by atoms with Crippen molar-refractivity contribution < 1.29 is 9.21 Å². The van der Waals surface area contributed by atoms with Crippen molar-refractivity contribution >= 4 is 28.4 Å². The Bertz CT molecular complexity index is 1090. The number of carbonyl (C=O) groups is 1. The maximum Gasteiger partial charge on any atom is 0.275 e. The van der Waals surface area contributed by atoms with Crippen LogP contribution in [0.4, 0.5) is 11.4 Å². The van der Waals surface area contributed by atoms with E-state index in [0.29, 0.717) is 22.7 Å². The van der Waals surface area contributed by atoms with Crippen molar-refractivity contribution in [1.82, 2.24) is 15.0 Å². The van der Waals surface area contributed by atoms with Gasteiger partial charge in [0, 0.05) is 43.4 Å². The second-order valence-corrected chi connectivity index (χ2v) is 6.19. The third-order valence-electron chi connectivity index (χ3n) is 4.07. The number of rotatable bonds is 4. The van der Waals surface area contributed by atoms with E-state index < -0.39 is 0 Å². The number of fused-ring (bicyclic) bond motifs is 1. The molecule has 1 amide bonds. The molecule has 0 atom stereocenters. The average molecular weight is 359 g/mol. The summed E-state index contributed by atoms with van der Waals surface area (Å²) in [5, 5.41) is 2.79. The van der Waals surface area contributed by atoms with Gasteiger partial charge >= 0.3 is 0 Å². The monoisotopic (exact) mass is 359 g/mol. The lowest BCUT2D eigenvalue weighted by Gasteiger charge is -2.11. The Labute approximate surface area is 155 Å². The van der Waals surface area contributed by atoms with Gasteiger partial charge in [0.1, 0.15) is 11.2 Å². The standard InChI is InChI=1S/C20H17N5O2/c1-25(2)15-6-3-13(4-7-15)20-24-16-11-14(5-8-18(16)27-20)23-19(26)17-12-21-9-10-22-17/h3-12H,1-2H3,(H,23,26). The quantitative estimate of drug-likeness (QED) is 0.599. The van der Waals surface area contributed by atoms with Gasteiger partial charge in [-0.25, -0.2) is 9.97 Å². The molecule has 0 radical (unpaired) electrons. The highest BCUT2D eigenvalue weighted by molar-refractivity contribution is 6.03. The zero-order valence-corrected chi connectivity index (χ0v) is 14.9. The molecule has 0 saturated carbocycles. The summed E-state index contributed by atoms with van der Waals surface area (Å²) in [6, 6.07) is 13.3. The molecule has 0 fully saturated rings. The maximum absolute atomic E-state index is 12.2. The number of nitrogens with zero attached hydrogens (tertiary/aromatic N) is 4. The Balaban J connectivity index is 1.59. The van der Waals surface area contributed by atoms with Crippen molar-refractivity contribution in [1.29, 1.82) is 0 Å². The number of hydrogen-bond donors (Lipinski definition) is 1. The summed E-state index contributed by atoms with van der Waals surface area (Å²) in [7, 11) is 3.98. The van der Waals surface area contributed by atoms with Gasteiger partial charge in [0.05, 0.1) is 6.20 Å². The lowest BCUT2D eigenvalue weighted by atomic mass is 10.2. The van der Waals surface area contributed by atoms with Gasteiger partial charge in [-0.3, -0.25) is 9.78 Å². The molecule has 0 bridgehead atoms. The van der Waals surface area contributed by atoms with Gasteiger partial charge in [0.25, 0.3) is 5.91 Å². The molecular formula is C20H17N5O2. The summed E-state index contributed by atoms with van der Waals surface area (Å²) < 4.78 is 5.84. The fraction of sp³-hybridized carbons (Fsp3) is 0.100. The molecule has 2 heterocycles. The Morgan fingerprint density at radius 1 is 1.07 bits per heavy atom. The summed E-state index contributed by atoms with van der Waals surface area (Å²) in [4.78, 5) is 26.7. The van der Waals surface area contributed by atoms with E-state index in [0.717, 1.165) is 11.3 Å². The van der Waals surface area contributed by atoms with E-state index in [1.54, 1.807) is 18.2 Å². The first-order chi connectivity index (χ1) is 13.1. The second-order valence-electron chi connectivity index (χ2n) is 6.19. The predicted octanol–water partition coefficient (Wildman–Crippen LogP) is 3.60. The van der Waals surface area contributed by atoms with Crippen LogP contribution in [0.15, 0.2) is 65.5 Å². The van der Waals surface area contributed by atoms with E-state index >= 15 is 0 Å². The Morgan fingerprint density at radius 3 is 2.59 bits per heavy atom. The van der Waals surface area contributed by atoms with Crippen LogP contribution in [-0.2, 0) is 0 Å². The van der Waals surface area contributed by atoms with Crippen molar-refractivity contribution in [2.75, 3.05) is 24.3 Å². The van der Waals surface area contributed by atoms with Gasteiger partial charge in [-0.1, -0.05) is 0 Å². The van der Waals surface area contributed by atoms with Gasteiger partial charge in [-0.15, -0.1) is 0 Å². The van der Waals surface area contributed by atoms with Crippen LogP contribution in [0.3, 0.4) is 0 Å². The van der Waals surface area contributed by atoms with Crippen LogP contribution in [0.1, 0.15) is 10.5 Å². The van der Waals surface area contributed by atoms with Gasteiger partial charge in [0.15, 0.2) is 5.58 Å². The molecule has 2 aromatic carbocycles. The SMILES string of the molecule is CN(C)c1ccc(-c2nc3cc(NC(=O)c4cnccn4)ccc3o2)cc1. The molecular weight excluding hydrogens is 342 g/mol. The van der Waals surface area contributed by atoms with E-state index in [-0.39, 0.29) is 11.6 Å². The number of aromatic nitrogens is 3. The van der Waals surface area contributed by atoms with Crippen molar-refractivity contribution in [2.24, 2.45) is 0 Å². The minimum absolute atomic E-state index is 0.249. The van der Waals surface area contributed by atoms with Crippen LogP contribution in [0.5, 0.6) is 0 Å². The summed E-state index contributed by atoms with van der Waals surface area (Å²) >= 11 is 0. The van der Waals surface area contributed by atoms with Crippen LogP contribution in [0.25, 0.3) is 22.6 Å². The molecule has 7 heteroatoms. The molecule has 0 unspecified atom stereocenters. The molecule has 0 aliphatic rings. The molecule has 0 spiro atoms. The molecule has 27 heavy (non-hydrogen) atoms. The first-order valence-corrected chi connectivity index (χ1v) is 8.36. The van der Waals surface area contributed by atoms with Gasteiger partial charge in [-0.2, -0.15) is 0 Å². The molecule has 7 nitrogen and oxygen atoms in total. The number of anilines is 2. The van der Waals surface area contributed by atoms with E-state index in [1.165, 1.54) is 18.6 Å². The Morgan fingerprint density at radius 2 is 1.89 bits per heavy atom. The van der Waals surface area contributed by atoms with Crippen LogP contribution in [0, 0.1) is 0 Å². The lowest BCUT2D eigenvalue weighted by Crippen LogP contribution is -2.13. The zero-order chi connectivity index (χ0) is 18.8. The largest absolute Gasteiger partial charge is 0.436 e. The minimum atomic E-state index is -0.328. The molecule has 4 aromatic rings. The molecule has 0 aliphatic heterocycles. The molecule has 0 saturated heterocycles. The highest BCUT2D eigenvalue weighted by Crippen LogP contribution is 2.27. The first kappa shape index (κ1) is 16.7. The van der Waals surface area contributed by atoms with E-state index in [4.69, 9.17) is 4.42 Å². The van der Waals surface area contributed by atoms with E-state index in [2.05, 4.69) is 20.3 Å². The smallest absolute Gasteiger partial charge is 0.275 e. The third-order valence-corrected chi connectivity index (χ3v) is 4.07. The number of carbonyl (C=O) groups excluding carboxylic acids is 1. The van der Waals surface area contributed by atoms with E-state index in [1.807, 2.05) is 43.3 Å². The summed E-state index contributed by atoms with van der Waals surface area (Å²) in [5.74, 6) is 0.207. The fourth-order valence-electron chi connectivity index (χ4n) is 2.64. The number of benzene rings is 2. The summed E-state index contributed by atoms with van der Waals surface area (Å²) in [6.45, 7) is 0. The van der Waals surface area contributed by atoms with Crippen molar-refractivity contribution in [3.05, 3.63) is 66.7 Å². The molecule has 0 aliphatic carbocycles. The molecule has 2 aromatic heterocycles. The predicted molar refractivity (Wildman–Crippen MR) is 104 cm³/mol. The number of hydrogen-bond acceptors (Lipinski definition) is 6. The summed E-state index contributed by atoms with van der Waals surface area (Å²) in [5.41, 5.74) is 4.17. The van der Waals surface area contributed by atoms with Crippen molar-refractivity contribution in [3.8, 4) is 11.5 Å². The van der Waals surface area contributed by atoms with Crippen LogP contribution >= 0.6 is 0 Å². The van der Waals surface area contributed by atoms with Gasteiger partial charge in [0.2, 0.25) is 5.89 Å². The normalized spacial score (nSPS) is 10.7. The lowest BCUT2D eigenvalue weighted by molar-refractivity contribution is 0.102. The highest BCUT2D eigenvalue weighted by atomic mass is 16.3. The fourth-order valence-corrected chi connectivity index (χ4v) is 2.64. The Kier molecular flexibility index (Phi) is 4.25.